The summed E-state index contributed by atoms with van der Waals surface area (Å²) in [6.07, 6.45) is 1.13. The van der Waals surface area contributed by atoms with Gasteiger partial charge in [0.15, 0.2) is 5.78 Å². The Morgan fingerprint density at radius 1 is 1.67 bits per heavy atom. The minimum Gasteiger partial charge on any atom is -0.548 e. The third-order valence-electron chi connectivity index (χ3n) is 1.16. The van der Waals surface area contributed by atoms with Crippen LogP contribution < -0.4 is 40.0 Å². The van der Waals surface area contributed by atoms with Gasteiger partial charge in [-0.2, -0.15) is 0 Å². The Bertz CT molecular complexity index is 181. The van der Waals surface area contributed by atoms with Crippen LogP contribution in [0.15, 0.2) is 12.7 Å². The molecule has 0 spiro atoms. The van der Waals surface area contributed by atoms with Crippen molar-refractivity contribution < 1.29 is 44.3 Å². The molecule has 0 aliphatic heterocycles. The molecule has 0 saturated carbocycles. The van der Waals surface area contributed by atoms with Crippen LogP contribution in [0.4, 0.5) is 0 Å². The van der Waals surface area contributed by atoms with E-state index in [0.29, 0.717) is 0 Å². The van der Waals surface area contributed by atoms with Gasteiger partial charge in [-0.1, -0.05) is 6.58 Å². The third-order valence-corrected chi connectivity index (χ3v) is 1.16. The number of nitrogens with one attached hydrogen (secondary N) is 1. The van der Waals surface area contributed by atoms with Gasteiger partial charge in [0.25, 0.3) is 0 Å². The molecule has 1 atom stereocenters. The fourth-order valence-corrected chi connectivity index (χ4v) is 0.409. The summed E-state index contributed by atoms with van der Waals surface area (Å²) in [5.41, 5.74) is 0. The first-order valence-electron chi connectivity index (χ1n) is 3.17. The number of carboxylic acid groups (broad SMARTS) is 1. The molecule has 0 bridgehead atoms. The average molecular weight is 179 g/mol. The Labute approximate surface area is 93.3 Å². The normalized spacial score (nSPS) is 11.1. The van der Waals surface area contributed by atoms with Gasteiger partial charge < -0.3 is 15.2 Å². The molecule has 0 saturated heterocycles. The minimum atomic E-state index is -1.22. The van der Waals surface area contributed by atoms with Crippen molar-refractivity contribution in [2.24, 2.45) is 0 Å². The number of carbonyl (C=O) groups is 2. The van der Waals surface area contributed by atoms with Crippen molar-refractivity contribution in [1.82, 2.24) is 5.32 Å². The van der Waals surface area contributed by atoms with Crippen LogP contribution in [0.5, 0.6) is 0 Å². The number of carbonyl (C=O) groups excluding carboxylic acids is 2. The van der Waals surface area contributed by atoms with Crippen LogP contribution in [0.2, 0.25) is 0 Å². The van der Waals surface area contributed by atoms with Gasteiger partial charge in [-0.05, 0) is 13.0 Å². The van der Waals surface area contributed by atoms with Crippen LogP contribution in [0.25, 0.3) is 0 Å². The summed E-state index contributed by atoms with van der Waals surface area (Å²) in [6.45, 7) is 4.62. The van der Waals surface area contributed by atoms with Crippen LogP contribution in [0, 0.1) is 0 Å². The molecule has 1 N–H and O–H groups in total. The van der Waals surface area contributed by atoms with Crippen molar-refractivity contribution in [3.8, 4) is 0 Å². The molecule has 0 radical (unpaired) electrons. The summed E-state index contributed by atoms with van der Waals surface area (Å²) in [5, 5.41) is 12.5. The Kier molecular flexibility index (Phi) is 8.97. The summed E-state index contributed by atoms with van der Waals surface area (Å²) in [5.74, 6) is -1.46. The Hall–Kier alpha value is -0.160. The zero-order valence-corrected chi connectivity index (χ0v) is 9.29. The molecule has 5 heteroatoms. The summed E-state index contributed by atoms with van der Waals surface area (Å²) < 4.78 is 0. The number of carboxylic acids is 1. The van der Waals surface area contributed by atoms with Gasteiger partial charge >= 0.3 is 29.6 Å². The molecular formula is C7H10NNaO3. The predicted octanol–water partition coefficient (Wildman–Crippen LogP) is -4.53. The summed E-state index contributed by atoms with van der Waals surface area (Å²) >= 11 is 0. The zero-order chi connectivity index (χ0) is 8.85. The van der Waals surface area contributed by atoms with Crippen LogP contribution >= 0.6 is 0 Å². The standard InChI is InChI=1S/C7H11NO3.Na/c1-3-6(9)4-8-5(2)7(10)11;/h3,5,8H,1,4H2,2H3,(H,10,11);/q;+1/p-1/t5-;/m0./s1. The van der Waals surface area contributed by atoms with Gasteiger partial charge in [0.05, 0.1) is 12.5 Å². The fourth-order valence-electron chi connectivity index (χ4n) is 0.409. The maximum Gasteiger partial charge on any atom is 1.00 e. The third kappa shape index (κ3) is 6.54. The monoisotopic (exact) mass is 179 g/mol. The number of hydrogen-bond donors (Lipinski definition) is 1. The van der Waals surface area contributed by atoms with Gasteiger partial charge in [-0.25, -0.2) is 0 Å². The topological polar surface area (TPSA) is 69.2 Å². The molecule has 12 heavy (non-hydrogen) atoms. The van der Waals surface area contributed by atoms with Crippen LogP contribution in [-0.2, 0) is 9.59 Å². The van der Waals surface area contributed by atoms with Crippen LogP contribution in [0.3, 0.4) is 0 Å². The van der Waals surface area contributed by atoms with E-state index in [-0.39, 0.29) is 41.9 Å². The summed E-state index contributed by atoms with van der Waals surface area (Å²) in [4.78, 5) is 20.6. The first kappa shape index (κ1) is 14.4. The van der Waals surface area contributed by atoms with Gasteiger partial charge in [0.2, 0.25) is 0 Å². The first-order valence-corrected chi connectivity index (χ1v) is 3.17. The van der Waals surface area contributed by atoms with Gasteiger partial charge in [-0.3, -0.25) is 4.79 Å². The summed E-state index contributed by atoms with van der Waals surface area (Å²) in [6, 6.07) is -0.807. The van der Waals surface area contributed by atoms with E-state index in [1.165, 1.54) is 6.92 Å². The van der Waals surface area contributed by atoms with Crippen molar-refractivity contribution in [2.75, 3.05) is 6.54 Å². The maximum atomic E-state index is 10.5. The largest absolute Gasteiger partial charge is 1.00 e. The van der Waals surface area contributed by atoms with E-state index in [1.807, 2.05) is 0 Å². The number of aliphatic carboxylic acids is 1. The molecular weight excluding hydrogens is 169 g/mol. The van der Waals surface area contributed by atoms with E-state index in [4.69, 9.17) is 0 Å². The van der Waals surface area contributed by atoms with Crippen molar-refractivity contribution in [3.05, 3.63) is 12.7 Å². The van der Waals surface area contributed by atoms with Crippen molar-refractivity contribution in [1.29, 1.82) is 0 Å². The Balaban J connectivity index is 0. The molecule has 0 amide bonds. The quantitative estimate of drug-likeness (QED) is 0.341. The van der Waals surface area contributed by atoms with E-state index in [2.05, 4.69) is 11.9 Å². The van der Waals surface area contributed by atoms with E-state index >= 15 is 0 Å². The van der Waals surface area contributed by atoms with Gasteiger partial charge in [0, 0.05) is 6.04 Å². The number of ketones is 1. The van der Waals surface area contributed by atoms with Crippen LogP contribution in [-0.4, -0.2) is 24.3 Å². The Morgan fingerprint density at radius 2 is 2.17 bits per heavy atom. The van der Waals surface area contributed by atoms with E-state index in [1.54, 1.807) is 0 Å². The van der Waals surface area contributed by atoms with E-state index in [0.717, 1.165) is 6.08 Å². The van der Waals surface area contributed by atoms with Gasteiger partial charge in [0.1, 0.15) is 0 Å². The SMILES string of the molecule is C=CC(=O)CN[C@@H](C)C(=O)[O-].[Na+]. The molecule has 0 unspecified atom stereocenters. The molecule has 0 aromatic rings. The molecule has 0 aliphatic carbocycles. The fraction of sp³-hybridized carbons (Fsp3) is 0.429. The average Bonchev–Trinajstić information content (AvgIpc) is 1.99. The predicted molar refractivity (Wildman–Crippen MR) is 37.7 cm³/mol. The second kappa shape index (κ2) is 7.49. The van der Waals surface area contributed by atoms with E-state index < -0.39 is 12.0 Å². The second-order valence-electron chi connectivity index (χ2n) is 2.09. The molecule has 0 fully saturated rings. The second-order valence-corrected chi connectivity index (χ2v) is 2.09. The number of hydrogen-bond acceptors (Lipinski definition) is 4. The van der Waals surface area contributed by atoms with Crippen molar-refractivity contribution in [2.45, 2.75) is 13.0 Å². The van der Waals surface area contributed by atoms with Crippen LogP contribution in [0.1, 0.15) is 6.92 Å². The molecule has 0 heterocycles. The van der Waals surface area contributed by atoms with Gasteiger partial charge in [-0.15, -0.1) is 0 Å². The molecule has 0 rings (SSSR count). The molecule has 4 nitrogen and oxygen atoms in total. The summed E-state index contributed by atoms with van der Waals surface area (Å²) in [7, 11) is 0. The molecule has 0 aromatic carbocycles. The first-order chi connectivity index (χ1) is 5.07. The van der Waals surface area contributed by atoms with Crippen molar-refractivity contribution >= 4 is 11.8 Å². The Morgan fingerprint density at radius 3 is 2.50 bits per heavy atom. The molecule has 0 aliphatic rings. The zero-order valence-electron chi connectivity index (χ0n) is 7.29. The smallest absolute Gasteiger partial charge is 0.548 e. The van der Waals surface area contributed by atoms with E-state index in [9.17, 15) is 14.7 Å². The molecule has 0 aromatic heterocycles. The van der Waals surface area contributed by atoms with Crippen molar-refractivity contribution in [3.63, 3.8) is 0 Å². The minimum absolute atomic E-state index is 0. The molecule has 62 valence electrons. The maximum absolute atomic E-state index is 10.5. The number of rotatable bonds is 5.